The number of hydrogen-bond donors (Lipinski definition) is 0. The Labute approximate surface area is 278 Å². The zero-order chi connectivity index (χ0) is 32.5. The highest BCUT2D eigenvalue weighted by Crippen LogP contribution is 2.35. The van der Waals surface area contributed by atoms with E-state index in [4.69, 9.17) is 20.2 Å². The summed E-state index contributed by atoms with van der Waals surface area (Å²) in [5.74, 6) is 0.616. The molecule has 0 aliphatic heterocycles. The summed E-state index contributed by atoms with van der Waals surface area (Å²) in [6, 6.07) is 53.7. The van der Waals surface area contributed by atoms with Gasteiger partial charge in [-0.15, -0.1) is 10.2 Å². The number of para-hydroxylation sites is 1. The largest absolute Gasteiger partial charge is 0.233 e. The van der Waals surface area contributed by atoms with E-state index in [2.05, 4.69) is 67.2 Å². The van der Waals surface area contributed by atoms with E-state index in [9.17, 15) is 0 Å². The minimum Gasteiger partial charge on any atom is -0.233 e. The molecule has 0 aliphatic carbocycles. The second-order valence-corrected chi connectivity index (χ2v) is 11.7. The summed E-state index contributed by atoms with van der Waals surface area (Å²) in [7, 11) is 0. The maximum atomic E-state index is 5.14. The summed E-state index contributed by atoms with van der Waals surface area (Å²) < 4.78 is 0. The molecular formula is C43H31N5. The van der Waals surface area contributed by atoms with Gasteiger partial charge in [-0.2, -0.15) is 4.80 Å². The topological polar surface area (TPSA) is 55.4 Å². The van der Waals surface area contributed by atoms with Crippen LogP contribution in [0.5, 0.6) is 0 Å². The van der Waals surface area contributed by atoms with Crippen LogP contribution in [0.2, 0.25) is 0 Å². The summed E-state index contributed by atoms with van der Waals surface area (Å²) in [4.78, 5) is 11.8. The Bertz CT molecular complexity index is 2510. The van der Waals surface area contributed by atoms with Crippen LogP contribution in [0.15, 0.2) is 174 Å². The third-order valence-corrected chi connectivity index (χ3v) is 8.62. The SMILES string of the molecule is C=C(N=C(N=C(C)c1ccccc1-c1ccc2ccc3ccc4nn(-c5ccccc5)nc4c3c2c1)c1ccccc1)c1ccccc1. The molecule has 48 heavy (non-hydrogen) atoms. The van der Waals surface area contributed by atoms with Gasteiger partial charge >= 0.3 is 0 Å². The normalized spacial score (nSPS) is 12.2. The van der Waals surface area contributed by atoms with Crippen molar-refractivity contribution in [3.8, 4) is 16.8 Å². The first kappa shape index (κ1) is 29.0. The van der Waals surface area contributed by atoms with Crippen molar-refractivity contribution in [3.63, 3.8) is 0 Å². The van der Waals surface area contributed by atoms with E-state index in [1.165, 1.54) is 0 Å². The van der Waals surface area contributed by atoms with Gasteiger partial charge in [0.2, 0.25) is 0 Å². The Kier molecular flexibility index (Phi) is 7.48. The maximum absolute atomic E-state index is 5.14. The number of nitrogens with zero attached hydrogens (tertiary/aromatic N) is 5. The van der Waals surface area contributed by atoms with Crippen LogP contribution in [0.4, 0.5) is 0 Å². The van der Waals surface area contributed by atoms with Gasteiger partial charge in [0.25, 0.3) is 0 Å². The number of aromatic nitrogens is 3. The van der Waals surface area contributed by atoms with Gasteiger partial charge in [-0.1, -0.05) is 140 Å². The van der Waals surface area contributed by atoms with Crippen molar-refractivity contribution < 1.29 is 0 Å². The Morgan fingerprint density at radius 3 is 2.00 bits per heavy atom. The molecule has 8 aromatic rings. The lowest BCUT2D eigenvalue weighted by molar-refractivity contribution is 0.766. The van der Waals surface area contributed by atoms with Gasteiger partial charge in [0.1, 0.15) is 11.0 Å². The summed E-state index contributed by atoms with van der Waals surface area (Å²) in [5, 5.41) is 14.3. The van der Waals surface area contributed by atoms with Gasteiger partial charge in [0.15, 0.2) is 5.84 Å². The molecule has 8 rings (SSSR count). The third-order valence-electron chi connectivity index (χ3n) is 8.62. The van der Waals surface area contributed by atoms with Gasteiger partial charge in [0, 0.05) is 22.2 Å². The van der Waals surface area contributed by atoms with Crippen molar-refractivity contribution in [1.29, 1.82) is 0 Å². The average molecular weight is 618 g/mol. The van der Waals surface area contributed by atoms with Crippen molar-refractivity contribution in [2.45, 2.75) is 6.92 Å². The van der Waals surface area contributed by atoms with Crippen LogP contribution < -0.4 is 0 Å². The van der Waals surface area contributed by atoms with E-state index in [1.54, 1.807) is 4.80 Å². The molecule has 1 aromatic heterocycles. The molecule has 0 N–H and O–H groups in total. The first-order valence-corrected chi connectivity index (χ1v) is 15.9. The molecule has 5 nitrogen and oxygen atoms in total. The molecule has 0 atom stereocenters. The Hall–Kier alpha value is -6.46. The van der Waals surface area contributed by atoms with Gasteiger partial charge in [-0.3, -0.25) is 0 Å². The van der Waals surface area contributed by atoms with Gasteiger partial charge in [0.05, 0.1) is 11.4 Å². The zero-order valence-electron chi connectivity index (χ0n) is 26.5. The van der Waals surface area contributed by atoms with Crippen LogP contribution >= 0.6 is 0 Å². The second kappa shape index (κ2) is 12.4. The molecule has 228 valence electrons. The molecule has 1 heterocycles. The molecule has 5 heteroatoms. The summed E-state index contributed by atoms with van der Waals surface area (Å²) in [5.41, 5.74) is 9.30. The first-order valence-electron chi connectivity index (χ1n) is 15.9. The van der Waals surface area contributed by atoms with Crippen LogP contribution in [0, 0.1) is 0 Å². The van der Waals surface area contributed by atoms with E-state index in [-0.39, 0.29) is 0 Å². The molecule has 0 unspecified atom stereocenters. The average Bonchev–Trinajstić information content (AvgIpc) is 3.60. The highest BCUT2D eigenvalue weighted by atomic mass is 15.5. The van der Waals surface area contributed by atoms with Crippen molar-refractivity contribution in [2.75, 3.05) is 0 Å². The predicted molar refractivity (Wildman–Crippen MR) is 200 cm³/mol. The minimum absolute atomic E-state index is 0.616. The van der Waals surface area contributed by atoms with Crippen molar-refractivity contribution in [2.24, 2.45) is 9.98 Å². The lowest BCUT2D eigenvalue weighted by atomic mass is 9.93. The van der Waals surface area contributed by atoms with E-state index in [0.717, 1.165) is 71.8 Å². The lowest BCUT2D eigenvalue weighted by Crippen LogP contribution is -2.05. The van der Waals surface area contributed by atoms with E-state index in [1.807, 2.05) is 104 Å². The van der Waals surface area contributed by atoms with Crippen molar-refractivity contribution in [3.05, 3.63) is 181 Å². The van der Waals surface area contributed by atoms with Crippen LogP contribution in [-0.2, 0) is 0 Å². The zero-order valence-corrected chi connectivity index (χ0v) is 26.5. The lowest BCUT2D eigenvalue weighted by Gasteiger charge is -2.13. The maximum Gasteiger partial charge on any atom is 0.160 e. The molecule has 0 amide bonds. The predicted octanol–water partition coefficient (Wildman–Crippen LogP) is 10.3. The summed E-state index contributed by atoms with van der Waals surface area (Å²) >= 11 is 0. The molecule has 0 saturated heterocycles. The number of benzene rings is 7. The summed E-state index contributed by atoms with van der Waals surface area (Å²) in [6.07, 6.45) is 0. The fourth-order valence-corrected chi connectivity index (χ4v) is 6.19. The van der Waals surface area contributed by atoms with Crippen LogP contribution in [0.25, 0.3) is 55.1 Å². The fraction of sp³-hybridized carbons (Fsp3) is 0.0233. The van der Waals surface area contributed by atoms with E-state index < -0.39 is 0 Å². The third kappa shape index (κ3) is 5.48. The highest BCUT2D eigenvalue weighted by molar-refractivity contribution is 6.19. The molecule has 0 radical (unpaired) electrons. The monoisotopic (exact) mass is 617 g/mol. The van der Waals surface area contributed by atoms with E-state index >= 15 is 0 Å². The van der Waals surface area contributed by atoms with Crippen LogP contribution in [-0.4, -0.2) is 26.5 Å². The van der Waals surface area contributed by atoms with Gasteiger partial charge in [-0.05, 0) is 64.0 Å². The highest BCUT2D eigenvalue weighted by Gasteiger charge is 2.15. The Morgan fingerprint density at radius 2 is 1.23 bits per heavy atom. The number of fused-ring (bicyclic) bond motifs is 5. The molecule has 0 saturated carbocycles. The van der Waals surface area contributed by atoms with Crippen molar-refractivity contribution in [1.82, 2.24) is 15.0 Å². The van der Waals surface area contributed by atoms with Crippen LogP contribution in [0.1, 0.15) is 23.6 Å². The van der Waals surface area contributed by atoms with E-state index in [0.29, 0.717) is 11.5 Å². The Morgan fingerprint density at radius 1 is 0.604 bits per heavy atom. The van der Waals surface area contributed by atoms with Gasteiger partial charge < -0.3 is 0 Å². The second-order valence-electron chi connectivity index (χ2n) is 11.7. The molecule has 0 fully saturated rings. The number of amidine groups is 1. The van der Waals surface area contributed by atoms with Crippen LogP contribution in [0.3, 0.4) is 0 Å². The fourth-order valence-electron chi connectivity index (χ4n) is 6.19. The number of hydrogen-bond acceptors (Lipinski definition) is 3. The quantitative estimate of drug-likeness (QED) is 0.106. The molecule has 0 aliphatic rings. The number of aliphatic imine (C=N–C) groups is 2. The van der Waals surface area contributed by atoms with Crippen molar-refractivity contribution >= 4 is 49.8 Å². The number of rotatable bonds is 6. The molecule has 7 aromatic carbocycles. The van der Waals surface area contributed by atoms with Gasteiger partial charge in [-0.25, -0.2) is 9.98 Å². The Balaban J connectivity index is 1.26. The smallest absolute Gasteiger partial charge is 0.160 e. The molecular weight excluding hydrogens is 587 g/mol. The minimum atomic E-state index is 0.616. The standard InChI is InChI=1S/C43H31N5/c1-29(31-14-6-3-7-15-31)44-43(34-16-8-4-9-17-34)45-30(2)37-20-12-13-21-38(37)35-25-23-32-22-24-33-26-27-40-42(41(33)39(32)28-35)47-48(46-40)36-18-10-5-11-19-36/h3-28H,1H2,2H3. The molecule has 0 bridgehead atoms. The first-order chi connectivity index (χ1) is 23.6. The molecule has 0 spiro atoms. The summed E-state index contributed by atoms with van der Waals surface area (Å²) in [6.45, 7) is 6.31.